The van der Waals surface area contributed by atoms with E-state index >= 15 is 0 Å². The van der Waals surface area contributed by atoms with Gasteiger partial charge in [0.2, 0.25) is 0 Å². The third-order valence-electron chi connectivity index (χ3n) is 10.9. The molecule has 65 heavy (non-hydrogen) atoms. The molecule has 0 aliphatic heterocycles. The maximum atomic E-state index is 12.8. The standard InChI is InChI=1S/C47H84O16P2/c1-3-5-7-9-11-13-15-17-19-20-22-24-26-28-30-32-34-36-41(49)61-39(37-59-40(48)35-33-31-29-27-25-23-21-18-16-14-12-10-8-6-4-2)38-60-65(57,58)63-47-44(52)42(50)46(43(51)45(47)53)62-64(54,55)56/h11,13,17,19,22,24,28,30,39,42-47,50-53H,3-10,12,14-16,18,20-21,23,25-27,29,31-38H2,1-2H3,(H,57,58)(H2,54,55,56)/p-2/b13-11-,19-17-,24-22-,30-28-/t39-,42-,43+,44-,45-,46?,47?/m1/s1. The number of unbranched alkanes of at least 4 members (excludes halogenated alkanes) is 18. The molecule has 0 amide bonds. The fourth-order valence-corrected chi connectivity index (χ4v) is 8.64. The van der Waals surface area contributed by atoms with E-state index in [4.69, 9.17) is 23.4 Å². The second-order valence-corrected chi connectivity index (χ2v) is 19.3. The van der Waals surface area contributed by atoms with Crippen molar-refractivity contribution in [3.63, 3.8) is 0 Å². The van der Waals surface area contributed by atoms with Crippen molar-refractivity contribution in [2.75, 3.05) is 13.2 Å². The van der Waals surface area contributed by atoms with E-state index in [1.165, 1.54) is 83.5 Å². The van der Waals surface area contributed by atoms with Crippen molar-refractivity contribution in [2.24, 2.45) is 0 Å². The van der Waals surface area contributed by atoms with Crippen LogP contribution in [0.15, 0.2) is 48.6 Å². The lowest BCUT2D eigenvalue weighted by molar-refractivity contribution is -0.271. The zero-order chi connectivity index (χ0) is 48.2. The average molecular weight is 965 g/mol. The third-order valence-corrected chi connectivity index (χ3v) is 12.4. The van der Waals surface area contributed by atoms with Crippen molar-refractivity contribution in [1.82, 2.24) is 0 Å². The first-order valence-electron chi connectivity index (χ1n) is 24.1. The van der Waals surface area contributed by atoms with Crippen molar-refractivity contribution in [2.45, 2.75) is 224 Å². The highest BCUT2D eigenvalue weighted by Gasteiger charge is 2.52. The van der Waals surface area contributed by atoms with Crippen LogP contribution in [0.2, 0.25) is 0 Å². The summed E-state index contributed by atoms with van der Waals surface area (Å²) < 4.78 is 48.4. The van der Waals surface area contributed by atoms with Gasteiger partial charge in [-0.1, -0.05) is 165 Å². The summed E-state index contributed by atoms with van der Waals surface area (Å²) in [6.45, 7) is 2.96. The van der Waals surface area contributed by atoms with Crippen LogP contribution in [0.5, 0.6) is 0 Å². The number of hydrogen-bond donors (Lipinski definition) is 5. The number of rotatable bonds is 40. The quantitative estimate of drug-likeness (QED) is 0.0168. The molecule has 0 saturated heterocycles. The lowest BCUT2D eigenvalue weighted by atomic mass is 9.85. The van der Waals surface area contributed by atoms with E-state index in [1.54, 1.807) is 0 Å². The number of hydrogen-bond acceptors (Lipinski definition) is 15. The summed E-state index contributed by atoms with van der Waals surface area (Å²) >= 11 is 0. The van der Waals surface area contributed by atoms with E-state index in [0.29, 0.717) is 19.3 Å². The second-order valence-electron chi connectivity index (χ2n) is 16.8. The molecule has 378 valence electrons. The Hall–Kier alpha value is -2.04. The molecule has 0 aromatic rings. The summed E-state index contributed by atoms with van der Waals surface area (Å²) in [5.74, 6) is -1.30. The second kappa shape index (κ2) is 37.9. The van der Waals surface area contributed by atoms with Crippen LogP contribution in [0.1, 0.15) is 181 Å². The van der Waals surface area contributed by atoms with Gasteiger partial charge in [-0.25, -0.2) is 0 Å². The summed E-state index contributed by atoms with van der Waals surface area (Å²) in [7, 11) is -11.1. The minimum atomic E-state index is -5.58. The summed E-state index contributed by atoms with van der Waals surface area (Å²) in [6, 6.07) is 0. The first kappa shape index (κ1) is 61.0. The SMILES string of the molecule is CCCCC/C=C\C/C=C\C/C=C\C/C=C\CCCC(=O)O[C@H](COC(=O)CCCCCCCCCCCCCCCCC)COP(=O)([O-])OC1[C@H](O)[C@H](O)C(OP(=O)([O-])O)[C@H](O)[C@H]1O. The van der Waals surface area contributed by atoms with E-state index in [-0.39, 0.29) is 12.8 Å². The van der Waals surface area contributed by atoms with Gasteiger partial charge < -0.3 is 58.2 Å². The van der Waals surface area contributed by atoms with Crippen LogP contribution in [0.25, 0.3) is 0 Å². The Morgan fingerprint density at radius 2 is 0.908 bits per heavy atom. The summed E-state index contributed by atoms with van der Waals surface area (Å²) in [5.41, 5.74) is 0. The van der Waals surface area contributed by atoms with Crippen molar-refractivity contribution in [3.05, 3.63) is 48.6 Å². The highest BCUT2D eigenvalue weighted by atomic mass is 31.2. The molecule has 0 radical (unpaired) electrons. The molecule has 4 unspecified atom stereocenters. The van der Waals surface area contributed by atoms with E-state index in [0.717, 1.165) is 51.4 Å². The zero-order valence-electron chi connectivity index (χ0n) is 39.1. The van der Waals surface area contributed by atoms with Gasteiger partial charge in [-0.2, -0.15) is 0 Å². The van der Waals surface area contributed by atoms with Crippen LogP contribution in [-0.4, -0.2) is 93.2 Å². The molecule has 0 bridgehead atoms. The Labute approximate surface area is 388 Å². The molecular formula is C47H82O16P2-2. The van der Waals surface area contributed by atoms with Gasteiger partial charge in [0.15, 0.2) is 6.10 Å². The number of phosphoric ester groups is 2. The molecule has 1 rings (SSSR count). The highest BCUT2D eigenvalue weighted by molar-refractivity contribution is 7.46. The molecule has 5 N–H and O–H groups in total. The number of ether oxygens (including phenoxy) is 2. The van der Waals surface area contributed by atoms with Gasteiger partial charge in [0.25, 0.3) is 15.6 Å². The van der Waals surface area contributed by atoms with Crippen molar-refractivity contribution < 1.29 is 76.9 Å². The van der Waals surface area contributed by atoms with Crippen LogP contribution < -0.4 is 9.79 Å². The predicted octanol–water partition coefficient (Wildman–Crippen LogP) is 8.02. The predicted molar refractivity (Wildman–Crippen MR) is 246 cm³/mol. The smallest absolute Gasteiger partial charge is 0.306 e. The third kappa shape index (κ3) is 32.4. The van der Waals surface area contributed by atoms with Crippen molar-refractivity contribution in [3.8, 4) is 0 Å². The molecule has 16 nitrogen and oxygen atoms in total. The van der Waals surface area contributed by atoms with E-state index in [1.807, 2.05) is 12.2 Å². The lowest BCUT2D eigenvalue weighted by Gasteiger charge is -2.45. The normalized spacial score (nSPS) is 22.8. The van der Waals surface area contributed by atoms with Crippen LogP contribution in [-0.2, 0) is 41.8 Å². The molecule has 1 aliphatic carbocycles. The minimum Gasteiger partial charge on any atom is -0.756 e. The number of phosphoric acid groups is 2. The largest absolute Gasteiger partial charge is 0.756 e. The monoisotopic (exact) mass is 965 g/mol. The van der Waals surface area contributed by atoms with Gasteiger partial charge in [-0.15, -0.1) is 0 Å². The van der Waals surface area contributed by atoms with Gasteiger partial charge in [0.1, 0.15) is 43.2 Å². The van der Waals surface area contributed by atoms with Gasteiger partial charge in [0.05, 0.1) is 6.61 Å². The van der Waals surface area contributed by atoms with Gasteiger partial charge in [-0.3, -0.25) is 18.7 Å². The highest BCUT2D eigenvalue weighted by Crippen LogP contribution is 2.45. The number of allylic oxidation sites excluding steroid dienone is 8. The Kier molecular flexibility index (Phi) is 35.5. The Balaban J connectivity index is 2.61. The maximum absolute atomic E-state index is 12.8. The van der Waals surface area contributed by atoms with Gasteiger partial charge >= 0.3 is 11.9 Å². The average Bonchev–Trinajstić information content (AvgIpc) is 3.26. The molecule has 0 spiro atoms. The fraction of sp³-hybridized carbons (Fsp3) is 0.787. The molecule has 0 heterocycles. The number of carbonyl (C=O) groups is 2. The molecular weight excluding hydrogens is 882 g/mol. The number of esters is 2. The molecule has 18 heteroatoms. The molecule has 1 saturated carbocycles. The molecule has 0 aromatic heterocycles. The summed E-state index contributed by atoms with van der Waals surface area (Å²) in [5, 5.41) is 41.3. The Morgan fingerprint density at radius 3 is 1.37 bits per heavy atom. The number of aliphatic hydroxyl groups is 4. The first-order valence-corrected chi connectivity index (χ1v) is 27.1. The van der Waals surface area contributed by atoms with Crippen molar-refractivity contribution in [1.29, 1.82) is 0 Å². The number of aliphatic hydroxyl groups excluding tert-OH is 4. The van der Waals surface area contributed by atoms with Crippen LogP contribution in [0, 0.1) is 0 Å². The topological polar surface area (TPSA) is 262 Å². The van der Waals surface area contributed by atoms with Gasteiger partial charge in [0, 0.05) is 12.8 Å². The summed E-state index contributed by atoms with van der Waals surface area (Å²) in [6.07, 6.45) is 27.2. The van der Waals surface area contributed by atoms with E-state index < -0.39 is 83.5 Å². The van der Waals surface area contributed by atoms with E-state index in [9.17, 15) is 48.9 Å². The zero-order valence-corrected chi connectivity index (χ0v) is 40.9. The molecule has 1 fully saturated rings. The van der Waals surface area contributed by atoms with Crippen LogP contribution >= 0.6 is 15.6 Å². The lowest BCUT2D eigenvalue weighted by Crippen LogP contribution is -2.64. The number of carbonyl (C=O) groups excluding carboxylic acids is 2. The van der Waals surface area contributed by atoms with Crippen molar-refractivity contribution >= 4 is 27.6 Å². The Morgan fingerprint density at radius 1 is 0.523 bits per heavy atom. The van der Waals surface area contributed by atoms with Crippen LogP contribution in [0.3, 0.4) is 0 Å². The molecule has 1 aliphatic rings. The molecule has 9 atom stereocenters. The van der Waals surface area contributed by atoms with Gasteiger partial charge in [-0.05, 0) is 51.4 Å². The summed E-state index contributed by atoms with van der Waals surface area (Å²) in [4.78, 5) is 58.3. The van der Waals surface area contributed by atoms with Crippen LogP contribution in [0.4, 0.5) is 0 Å². The Bertz CT molecular complexity index is 1430. The fourth-order valence-electron chi connectivity index (χ4n) is 7.12. The maximum Gasteiger partial charge on any atom is 0.306 e. The molecule has 0 aromatic carbocycles. The van der Waals surface area contributed by atoms with E-state index in [2.05, 4.69) is 54.8 Å². The first-order chi connectivity index (χ1) is 31.1. The minimum absolute atomic E-state index is 0.0449.